The molecule has 0 spiro atoms. The zero-order valence-electron chi connectivity index (χ0n) is 18.6. The number of sulfonamides is 1. The van der Waals surface area contributed by atoms with E-state index in [1.165, 1.54) is 18.3 Å². The number of rotatable bonds is 13. The van der Waals surface area contributed by atoms with Gasteiger partial charge < -0.3 is 14.2 Å². The van der Waals surface area contributed by atoms with Gasteiger partial charge >= 0.3 is 0 Å². The Labute approximate surface area is 185 Å². The van der Waals surface area contributed by atoms with Crippen molar-refractivity contribution < 1.29 is 22.6 Å². The van der Waals surface area contributed by atoms with Gasteiger partial charge in [-0.1, -0.05) is 19.8 Å². The summed E-state index contributed by atoms with van der Waals surface area (Å²) < 4.78 is 41.9. The molecule has 8 heteroatoms. The molecule has 0 atom stereocenters. The molecule has 0 aliphatic heterocycles. The van der Waals surface area contributed by atoms with Crippen LogP contribution in [0.2, 0.25) is 0 Å². The molecule has 1 N–H and O–H groups in total. The Hall–Kier alpha value is -2.74. The molecule has 0 fully saturated rings. The van der Waals surface area contributed by atoms with Crippen LogP contribution in [0.3, 0.4) is 0 Å². The first-order chi connectivity index (χ1) is 14.9. The second-order valence-electron chi connectivity index (χ2n) is 7.19. The average Bonchev–Trinajstić information content (AvgIpc) is 2.72. The normalized spacial score (nSPS) is 11.6. The molecule has 0 unspecified atom stereocenters. The highest BCUT2D eigenvalue weighted by Gasteiger charge is 2.13. The van der Waals surface area contributed by atoms with Crippen LogP contribution in [0.4, 0.5) is 0 Å². The van der Waals surface area contributed by atoms with Gasteiger partial charge in [-0.15, -0.1) is 0 Å². The third kappa shape index (κ3) is 8.13. The van der Waals surface area contributed by atoms with Crippen LogP contribution in [0.1, 0.15) is 52.5 Å². The van der Waals surface area contributed by atoms with Crippen molar-refractivity contribution in [2.24, 2.45) is 5.10 Å². The third-order valence-corrected chi connectivity index (χ3v) is 5.40. The van der Waals surface area contributed by atoms with Crippen molar-refractivity contribution in [3.05, 3.63) is 48.0 Å². The maximum absolute atomic E-state index is 12.4. The summed E-state index contributed by atoms with van der Waals surface area (Å²) >= 11 is 0. The molecule has 31 heavy (non-hydrogen) atoms. The zero-order valence-corrected chi connectivity index (χ0v) is 19.4. The molecule has 0 saturated carbocycles. The van der Waals surface area contributed by atoms with Gasteiger partial charge in [0.05, 0.1) is 30.4 Å². The molecule has 0 radical (unpaired) electrons. The van der Waals surface area contributed by atoms with Crippen molar-refractivity contribution in [3.8, 4) is 17.2 Å². The number of hydrogen-bond acceptors (Lipinski definition) is 6. The number of nitrogens with one attached hydrogen (secondary N) is 1. The Morgan fingerprint density at radius 2 is 1.74 bits per heavy atom. The van der Waals surface area contributed by atoms with E-state index in [0.717, 1.165) is 19.3 Å². The van der Waals surface area contributed by atoms with E-state index in [0.29, 0.717) is 36.0 Å². The molecule has 0 heterocycles. The van der Waals surface area contributed by atoms with Crippen LogP contribution in [0, 0.1) is 0 Å². The monoisotopic (exact) mass is 448 g/mol. The van der Waals surface area contributed by atoms with Crippen LogP contribution in [-0.4, -0.2) is 34.0 Å². The lowest BCUT2D eigenvalue weighted by Crippen LogP contribution is -2.18. The second-order valence-corrected chi connectivity index (χ2v) is 8.85. The van der Waals surface area contributed by atoms with Crippen molar-refractivity contribution in [1.82, 2.24) is 4.83 Å². The van der Waals surface area contributed by atoms with E-state index < -0.39 is 10.0 Å². The first kappa shape index (κ1) is 24.5. The molecule has 0 bridgehead atoms. The number of unbranched alkanes of at least 4 members (excludes halogenated alkanes) is 2. The summed E-state index contributed by atoms with van der Waals surface area (Å²) in [6, 6.07) is 11.6. The number of hydrazone groups is 1. The predicted octanol–water partition coefficient (Wildman–Crippen LogP) is 4.75. The lowest BCUT2D eigenvalue weighted by atomic mass is 10.2. The van der Waals surface area contributed by atoms with E-state index >= 15 is 0 Å². The Balaban J connectivity index is 2.04. The molecule has 2 rings (SSSR count). The fourth-order valence-corrected chi connectivity index (χ4v) is 3.51. The maximum Gasteiger partial charge on any atom is 0.276 e. The van der Waals surface area contributed by atoms with Crippen LogP contribution in [0.15, 0.2) is 52.5 Å². The molecule has 0 saturated heterocycles. The van der Waals surface area contributed by atoms with Gasteiger partial charge in [0.1, 0.15) is 5.75 Å². The highest BCUT2D eigenvalue weighted by Crippen LogP contribution is 2.28. The minimum Gasteiger partial charge on any atom is -0.491 e. The van der Waals surface area contributed by atoms with E-state index in [9.17, 15) is 8.42 Å². The van der Waals surface area contributed by atoms with Gasteiger partial charge in [-0.2, -0.15) is 13.5 Å². The fraction of sp³-hybridized carbons (Fsp3) is 0.435. The van der Waals surface area contributed by atoms with Crippen molar-refractivity contribution >= 4 is 16.2 Å². The highest BCUT2D eigenvalue weighted by molar-refractivity contribution is 7.89. The molecular formula is C23H32N2O5S. The van der Waals surface area contributed by atoms with E-state index in [2.05, 4.69) is 16.9 Å². The van der Waals surface area contributed by atoms with Crippen molar-refractivity contribution in [2.45, 2.75) is 58.0 Å². The van der Waals surface area contributed by atoms with Crippen LogP contribution in [0.5, 0.6) is 17.2 Å². The summed E-state index contributed by atoms with van der Waals surface area (Å²) in [4.78, 5) is 2.33. The Bertz CT molecular complexity index is 941. The smallest absolute Gasteiger partial charge is 0.276 e. The lowest BCUT2D eigenvalue weighted by molar-refractivity contribution is 0.242. The summed E-state index contributed by atoms with van der Waals surface area (Å²) in [5, 5.41) is 3.89. The van der Waals surface area contributed by atoms with Crippen molar-refractivity contribution in [2.75, 3.05) is 13.2 Å². The quantitative estimate of drug-likeness (QED) is 0.271. The Morgan fingerprint density at radius 1 is 1.00 bits per heavy atom. The minimum absolute atomic E-state index is 0.0138. The van der Waals surface area contributed by atoms with Gasteiger partial charge in [-0.3, -0.25) is 0 Å². The van der Waals surface area contributed by atoms with Crippen LogP contribution >= 0.6 is 0 Å². The summed E-state index contributed by atoms with van der Waals surface area (Å²) in [5.74, 6) is 1.88. The molecule has 2 aromatic carbocycles. The number of hydrogen-bond donors (Lipinski definition) is 1. The summed E-state index contributed by atoms with van der Waals surface area (Å²) in [5.41, 5.74) is 0.688. The topological polar surface area (TPSA) is 86.2 Å². The fourth-order valence-electron chi connectivity index (χ4n) is 2.72. The van der Waals surface area contributed by atoms with Gasteiger partial charge in [0, 0.05) is 0 Å². The summed E-state index contributed by atoms with van der Waals surface area (Å²) in [6.07, 6.45) is 4.67. The zero-order chi connectivity index (χ0) is 22.7. The third-order valence-electron chi connectivity index (χ3n) is 4.17. The lowest BCUT2D eigenvalue weighted by Gasteiger charge is -2.12. The molecule has 0 aromatic heterocycles. The summed E-state index contributed by atoms with van der Waals surface area (Å²) in [7, 11) is -3.78. The maximum atomic E-state index is 12.4. The van der Waals surface area contributed by atoms with Crippen LogP contribution < -0.4 is 19.0 Å². The van der Waals surface area contributed by atoms with Gasteiger partial charge in [-0.05, 0) is 75.2 Å². The van der Waals surface area contributed by atoms with Gasteiger partial charge in [0.2, 0.25) is 0 Å². The highest BCUT2D eigenvalue weighted by atomic mass is 32.2. The molecular weight excluding hydrogens is 416 g/mol. The van der Waals surface area contributed by atoms with Crippen molar-refractivity contribution in [3.63, 3.8) is 0 Å². The average molecular weight is 449 g/mol. The molecule has 0 aliphatic rings. The van der Waals surface area contributed by atoms with Crippen LogP contribution in [-0.2, 0) is 10.0 Å². The SMILES string of the molecule is CCCCCOc1ccc(/C=N/NS(=O)(=O)c2ccc(OC(C)C)cc2)cc1OCC. The molecule has 0 aliphatic carbocycles. The van der Waals surface area contributed by atoms with E-state index in [-0.39, 0.29) is 11.0 Å². The molecule has 2 aromatic rings. The van der Waals surface area contributed by atoms with E-state index in [4.69, 9.17) is 14.2 Å². The van der Waals surface area contributed by atoms with Gasteiger partial charge in [0.25, 0.3) is 10.0 Å². The van der Waals surface area contributed by atoms with E-state index in [1.54, 1.807) is 30.3 Å². The predicted molar refractivity (Wildman–Crippen MR) is 123 cm³/mol. The molecule has 170 valence electrons. The number of nitrogens with zero attached hydrogens (tertiary/aromatic N) is 1. The van der Waals surface area contributed by atoms with Gasteiger partial charge in [0.15, 0.2) is 11.5 Å². The first-order valence-electron chi connectivity index (χ1n) is 10.6. The Kier molecular flexibility index (Phi) is 9.65. The molecule has 7 nitrogen and oxygen atoms in total. The molecule has 0 amide bonds. The van der Waals surface area contributed by atoms with Crippen molar-refractivity contribution in [1.29, 1.82) is 0 Å². The minimum atomic E-state index is -3.78. The largest absolute Gasteiger partial charge is 0.491 e. The van der Waals surface area contributed by atoms with E-state index in [1.807, 2.05) is 20.8 Å². The standard InChI is InChI=1S/C23H32N2O5S/c1-5-7-8-15-29-22-14-9-19(16-23(22)28-6-2)17-24-25-31(26,27)21-12-10-20(11-13-21)30-18(3)4/h9-14,16-18,25H,5-8,15H2,1-4H3/b24-17+. The number of benzene rings is 2. The Morgan fingerprint density at radius 3 is 2.39 bits per heavy atom. The van der Waals surface area contributed by atoms with Crippen LogP contribution in [0.25, 0.3) is 0 Å². The second kappa shape index (κ2) is 12.2. The van der Waals surface area contributed by atoms with Gasteiger partial charge in [-0.25, -0.2) is 4.83 Å². The number of ether oxygens (including phenoxy) is 3. The first-order valence-corrected chi connectivity index (χ1v) is 12.0. The summed E-state index contributed by atoms with van der Waals surface area (Å²) in [6.45, 7) is 8.97.